The summed E-state index contributed by atoms with van der Waals surface area (Å²) in [6, 6.07) is 28.7. The summed E-state index contributed by atoms with van der Waals surface area (Å²) in [4.78, 5) is 27.6. The highest BCUT2D eigenvalue weighted by Crippen LogP contribution is 2.35. The minimum absolute atomic E-state index is 0.0867. The number of hydrogen-bond acceptors (Lipinski definition) is 9. The average molecular weight is 667 g/mol. The van der Waals surface area contributed by atoms with Crippen molar-refractivity contribution in [3.63, 3.8) is 0 Å². The van der Waals surface area contributed by atoms with Gasteiger partial charge in [-0.1, -0.05) is 60.3 Å². The van der Waals surface area contributed by atoms with E-state index >= 15 is 0 Å². The van der Waals surface area contributed by atoms with Gasteiger partial charge in [0.15, 0.2) is 11.0 Å². The van der Waals surface area contributed by atoms with Gasteiger partial charge in [-0.2, -0.15) is 5.10 Å². The molecule has 6 rings (SSSR count). The van der Waals surface area contributed by atoms with Crippen LogP contribution in [-0.4, -0.2) is 56.8 Å². The van der Waals surface area contributed by atoms with Gasteiger partial charge in [0.2, 0.25) is 5.91 Å². The van der Waals surface area contributed by atoms with Crippen molar-refractivity contribution in [1.82, 2.24) is 25.1 Å². The molecule has 3 heterocycles. The van der Waals surface area contributed by atoms with Crippen LogP contribution in [0.1, 0.15) is 41.2 Å². The van der Waals surface area contributed by atoms with E-state index in [0.717, 1.165) is 38.9 Å². The van der Waals surface area contributed by atoms with Gasteiger partial charge < -0.3 is 14.8 Å². The molecule has 0 saturated heterocycles. The lowest BCUT2D eigenvalue weighted by Crippen LogP contribution is -2.28. The third kappa shape index (κ3) is 7.72. The molecule has 0 spiro atoms. The number of nitrogens with zero attached hydrogens (tertiary/aromatic N) is 5. The number of ether oxygens (including phenoxy) is 2. The Labute approximate surface area is 281 Å². The first kappa shape index (κ1) is 32.0. The van der Waals surface area contributed by atoms with E-state index in [1.165, 1.54) is 11.8 Å². The Hall–Kier alpha value is -4.94. The summed E-state index contributed by atoms with van der Waals surface area (Å²) in [7, 11) is 1.63. The van der Waals surface area contributed by atoms with Gasteiger partial charge in [-0.15, -0.1) is 21.5 Å². The van der Waals surface area contributed by atoms with Gasteiger partial charge in [0.1, 0.15) is 11.5 Å². The Bertz CT molecular complexity index is 1820. The molecule has 5 aromatic rings. The highest BCUT2D eigenvalue weighted by atomic mass is 32.2. The van der Waals surface area contributed by atoms with E-state index in [9.17, 15) is 9.59 Å². The molecule has 0 radical (unpaired) electrons. The standard InChI is InChI=1S/C35H34N6O4S2/c1-3-45-28-17-13-26(14-18-28)40-32(22-36-33(42)20-24-8-5-4-6-9-24)37-38-35(40)47-23-34(43)41-30(25-11-15-27(44-2)16-12-25)21-29(39-41)31-10-7-19-46-31/h4-19,30H,3,20-23H2,1-2H3,(H,36,42). The van der Waals surface area contributed by atoms with Crippen LogP contribution in [0.15, 0.2) is 107 Å². The van der Waals surface area contributed by atoms with Crippen molar-refractivity contribution in [3.05, 3.63) is 118 Å². The van der Waals surface area contributed by atoms with E-state index in [4.69, 9.17) is 14.6 Å². The normalized spacial score (nSPS) is 14.1. The number of nitrogens with one attached hydrogen (secondary N) is 1. The first-order valence-corrected chi connectivity index (χ1v) is 17.1. The Morgan fingerprint density at radius 3 is 2.43 bits per heavy atom. The number of methoxy groups -OCH3 is 1. The predicted molar refractivity (Wildman–Crippen MR) is 183 cm³/mol. The summed E-state index contributed by atoms with van der Waals surface area (Å²) in [5.41, 5.74) is 3.57. The molecule has 1 unspecified atom stereocenters. The van der Waals surface area contributed by atoms with Gasteiger partial charge in [0, 0.05) is 12.1 Å². The zero-order valence-corrected chi connectivity index (χ0v) is 27.7. The summed E-state index contributed by atoms with van der Waals surface area (Å²) >= 11 is 2.88. The molecule has 3 aromatic carbocycles. The molecule has 0 saturated carbocycles. The van der Waals surface area contributed by atoms with E-state index in [1.807, 2.05) is 108 Å². The first-order chi connectivity index (χ1) is 23.0. The monoisotopic (exact) mass is 666 g/mol. The lowest BCUT2D eigenvalue weighted by atomic mass is 10.0. The fraction of sp³-hybridized carbons (Fsp3) is 0.229. The summed E-state index contributed by atoms with van der Waals surface area (Å²) in [5.74, 6) is 1.84. The summed E-state index contributed by atoms with van der Waals surface area (Å²) in [6.07, 6.45) is 0.867. The minimum atomic E-state index is -0.245. The zero-order valence-electron chi connectivity index (χ0n) is 26.0. The van der Waals surface area contributed by atoms with E-state index < -0.39 is 0 Å². The highest BCUT2D eigenvalue weighted by molar-refractivity contribution is 7.99. The number of hydrazone groups is 1. The lowest BCUT2D eigenvalue weighted by molar-refractivity contribution is -0.130. The maximum Gasteiger partial charge on any atom is 0.253 e. The molecular weight excluding hydrogens is 633 g/mol. The van der Waals surface area contributed by atoms with Crippen molar-refractivity contribution in [3.8, 4) is 17.2 Å². The number of aromatic nitrogens is 3. The van der Waals surface area contributed by atoms with Gasteiger partial charge in [0.05, 0.1) is 49.1 Å². The largest absolute Gasteiger partial charge is 0.497 e. The third-order valence-corrected chi connectivity index (χ3v) is 9.39. The van der Waals surface area contributed by atoms with Crippen molar-refractivity contribution < 1.29 is 19.1 Å². The van der Waals surface area contributed by atoms with E-state index in [-0.39, 0.29) is 36.6 Å². The van der Waals surface area contributed by atoms with Crippen LogP contribution in [-0.2, 0) is 22.6 Å². The van der Waals surface area contributed by atoms with Crippen LogP contribution in [0.25, 0.3) is 5.69 Å². The van der Waals surface area contributed by atoms with Gasteiger partial charge in [-0.3, -0.25) is 14.2 Å². The predicted octanol–water partition coefficient (Wildman–Crippen LogP) is 6.07. The van der Waals surface area contributed by atoms with Crippen molar-refractivity contribution in [2.45, 2.75) is 37.5 Å². The quantitative estimate of drug-likeness (QED) is 0.152. The molecule has 10 nitrogen and oxygen atoms in total. The van der Waals surface area contributed by atoms with Crippen LogP contribution in [0.3, 0.4) is 0 Å². The fourth-order valence-corrected chi connectivity index (χ4v) is 6.80. The average Bonchev–Trinajstić information content (AvgIpc) is 3.88. The first-order valence-electron chi connectivity index (χ1n) is 15.2. The SMILES string of the molecule is CCOc1ccc(-n2c(CNC(=O)Cc3ccccc3)nnc2SCC(=O)N2N=C(c3cccs3)CC2c2ccc(OC)cc2)cc1. The number of rotatable bonds is 13. The highest BCUT2D eigenvalue weighted by Gasteiger charge is 2.33. The van der Waals surface area contributed by atoms with Crippen LogP contribution in [0.5, 0.6) is 11.5 Å². The van der Waals surface area contributed by atoms with Crippen LogP contribution in [0.2, 0.25) is 0 Å². The minimum Gasteiger partial charge on any atom is -0.497 e. The van der Waals surface area contributed by atoms with Crippen molar-refractivity contribution >= 4 is 40.6 Å². The number of carbonyl (C=O) groups excluding carboxylic acids is 2. The Morgan fingerprint density at radius 2 is 1.72 bits per heavy atom. The summed E-state index contributed by atoms with van der Waals surface area (Å²) in [5, 5.41) is 20.7. The Balaban J connectivity index is 1.22. The Morgan fingerprint density at radius 1 is 0.957 bits per heavy atom. The number of benzene rings is 3. The van der Waals surface area contributed by atoms with Crippen LogP contribution in [0, 0.1) is 0 Å². The molecule has 2 aromatic heterocycles. The number of amides is 2. The third-order valence-electron chi connectivity index (χ3n) is 7.55. The van der Waals surface area contributed by atoms with Crippen molar-refractivity contribution in [1.29, 1.82) is 0 Å². The Kier molecular flexibility index (Phi) is 10.3. The van der Waals surface area contributed by atoms with Gasteiger partial charge in [-0.25, -0.2) is 5.01 Å². The van der Waals surface area contributed by atoms with Crippen LogP contribution >= 0.6 is 23.1 Å². The maximum atomic E-state index is 13.8. The molecule has 12 heteroatoms. The van der Waals surface area contributed by atoms with Gasteiger partial charge in [-0.05, 0) is 65.9 Å². The number of thiophene rings is 1. The lowest BCUT2D eigenvalue weighted by Gasteiger charge is -2.22. The van der Waals surface area contributed by atoms with E-state index in [0.29, 0.717) is 24.0 Å². The van der Waals surface area contributed by atoms with Gasteiger partial charge in [0.25, 0.3) is 5.91 Å². The van der Waals surface area contributed by atoms with Crippen molar-refractivity contribution in [2.75, 3.05) is 19.5 Å². The second kappa shape index (κ2) is 15.1. The molecule has 1 atom stereocenters. The number of hydrogen-bond donors (Lipinski definition) is 1. The molecule has 0 bridgehead atoms. The number of thioether (sulfide) groups is 1. The molecule has 1 N–H and O–H groups in total. The second-order valence-corrected chi connectivity index (χ2v) is 12.5. The van der Waals surface area contributed by atoms with E-state index in [2.05, 4.69) is 15.5 Å². The van der Waals surface area contributed by atoms with E-state index in [1.54, 1.807) is 23.5 Å². The van der Waals surface area contributed by atoms with Crippen LogP contribution < -0.4 is 14.8 Å². The molecule has 1 aliphatic rings. The summed E-state index contributed by atoms with van der Waals surface area (Å²) in [6.45, 7) is 2.65. The molecule has 47 heavy (non-hydrogen) atoms. The second-order valence-electron chi connectivity index (χ2n) is 10.6. The maximum absolute atomic E-state index is 13.8. The van der Waals surface area contributed by atoms with Crippen molar-refractivity contribution in [2.24, 2.45) is 5.10 Å². The zero-order chi connectivity index (χ0) is 32.6. The number of carbonyl (C=O) groups is 2. The summed E-state index contributed by atoms with van der Waals surface area (Å²) < 4.78 is 12.8. The fourth-order valence-electron chi connectivity index (χ4n) is 5.26. The van der Waals surface area contributed by atoms with Crippen LogP contribution in [0.4, 0.5) is 0 Å². The molecule has 2 amide bonds. The topological polar surface area (TPSA) is 111 Å². The molecule has 1 aliphatic heterocycles. The smallest absolute Gasteiger partial charge is 0.253 e. The molecular formula is C35H34N6O4S2. The molecule has 240 valence electrons. The van der Waals surface area contributed by atoms with Gasteiger partial charge >= 0.3 is 0 Å². The molecule has 0 fully saturated rings. The molecule has 0 aliphatic carbocycles.